The summed E-state index contributed by atoms with van der Waals surface area (Å²) in [5, 5.41) is 9.76. The summed E-state index contributed by atoms with van der Waals surface area (Å²) in [5.41, 5.74) is 4.15. The van der Waals surface area contributed by atoms with Gasteiger partial charge < -0.3 is 15.2 Å². The number of hydrogen-bond acceptors (Lipinski definition) is 3. The van der Waals surface area contributed by atoms with Crippen LogP contribution in [0.3, 0.4) is 0 Å². The third-order valence-corrected chi connectivity index (χ3v) is 4.20. The zero-order valence-corrected chi connectivity index (χ0v) is 16.0. The monoisotopic (exact) mass is 343 g/mol. The van der Waals surface area contributed by atoms with Gasteiger partial charge in [0, 0.05) is 11.8 Å². The molecule has 0 aliphatic heterocycles. The summed E-state index contributed by atoms with van der Waals surface area (Å²) in [6.45, 7) is 13.0. The molecule has 0 bridgehead atoms. The lowest BCUT2D eigenvalue weighted by molar-refractivity contribution is 0.250. The molecular formula is C20H29N3O2. The predicted octanol–water partition coefficient (Wildman–Crippen LogP) is 5.37. The van der Waals surface area contributed by atoms with Crippen molar-refractivity contribution in [3.8, 4) is 0 Å². The van der Waals surface area contributed by atoms with Gasteiger partial charge in [-0.2, -0.15) is 0 Å². The second-order valence-electron chi connectivity index (χ2n) is 7.34. The van der Waals surface area contributed by atoms with Crippen LogP contribution in [0.15, 0.2) is 28.8 Å². The maximum Gasteiger partial charge on any atom is 0.319 e. The van der Waals surface area contributed by atoms with Gasteiger partial charge in [0.25, 0.3) is 0 Å². The summed E-state index contributed by atoms with van der Waals surface area (Å²) in [6, 6.07) is 7.85. The molecule has 0 radical (unpaired) electrons. The fourth-order valence-electron chi connectivity index (χ4n) is 2.55. The Morgan fingerprint density at radius 2 is 1.76 bits per heavy atom. The second kappa shape index (κ2) is 8.19. The predicted molar refractivity (Wildman–Crippen MR) is 101 cm³/mol. The van der Waals surface area contributed by atoms with E-state index < -0.39 is 0 Å². The standard InChI is InChI=1S/C20H29N3O2/c1-12(2)15-7-8-18(17(9-15)13(3)4)22-20(24)21-11-16-10-19(14(5)6)23-25-16/h7-10,12-14H,11H2,1-6H3,(H2,21,22,24). The number of carbonyl (C=O) groups is 1. The van der Waals surface area contributed by atoms with E-state index in [9.17, 15) is 4.79 Å². The molecule has 2 amide bonds. The van der Waals surface area contributed by atoms with Gasteiger partial charge in [-0.15, -0.1) is 0 Å². The van der Waals surface area contributed by atoms with Crippen LogP contribution in [0.2, 0.25) is 0 Å². The molecule has 136 valence electrons. The summed E-state index contributed by atoms with van der Waals surface area (Å²) in [5.74, 6) is 1.75. The smallest absolute Gasteiger partial charge is 0.319 e. The van der Waals surface area contributed by atoms with Gasteiger partial charge in [-0.3, -0.25) is 0 Å². The average molecular weight is 343 g/mol. The number of rotatable bonds is 6. The van der Waals surface area contributed by atoms with Crippen LogP contribution in [0.5, 0.6) is 0 Å². The fourth-order valence-corrected chi connectivity index (χ4v) is 2.55. The molecule has 5 nitrogen and oxygen atoms in total. The molecule has 0 atom stereocenters. The summed E-state index contributed by atoms with van der Waals surface area (Å²) >= 11 is 0. The summed E-state index contributed by atoms with van der Waals surface area (Å²) in [6.07, 6.45) is 0. The molecular weight excluding hydrogens is 314 g/mol. The van der Waals surface area contributed by atoms with Crippen molar-refractivity contribution in [1.82, 2.24) is 10.5 Å². The molecule has 2 rings (SSSR count). The molecule has 25 heavy (non-hydrogen) atoms. The van der Waals surface area contributed by atoms with E-state index in [1.54, 1.807) is 0 Å². The first-order chi connectivity index (χ1) is 11.8. The Balaban J connectivity index is 2.01. The quantitative estimate of drug-likeness (QED) is 0.741. The van der Waals surface area contributed by atoms with E-state index in [1.807, 2.05) is 12.1 Å². The Morgan fingerprint density at radius 1 is 1.04 bits per heavy atom. The van der Waals surface area contributed by atoms with Crippen LogP contribution in [0, 0.1) is 0 Å². The van der Waals surface area contributed by atoms with E-state index in [1.165, 1.54) is 5.56 Å². The highest BCUT2D eigenvalue weighted by molar-refractivity contribution is 5.90. The summed E-state index contributed by atoms with van der Waals surface area (Å²) in [7, 11) is 0. The number of urea groups is 1. The molecule has 0 saturated heterocycles. The largest absolute Gasteiger partial charge is 0.359 e. The molecule has 0 spiro atoms. The van der Waals surface area contributed by atoms with E-state index >= 15 is 0 Å². The van der Waals surface area contributed by atoms with E-state index in [0.29, 0.717) is 30.1 Å². The SMILES string of the molecule is CC(C)c1ccc(NC(=O)NCc2cc(C(C)C)no2)c(C(C)C)c1. The van der Waals surface area contributed by atoms with E-state index in [0.717, 1.165) is 16.9 Å². The minimum Gasteiger partial charge on any atom is -0.359 e. The number of hydrogen-bond donors (Lipinski definition) is 2. The Morgan fingerprint density at radius 3 is 2.32 bits per heavy atom. The number of nitrogens with one attached hydrogen (secondary N) is 2. The Kier molecular flexibility index (Phi) is 6.23. The highest BCUT2D eigenvalue weighted by Gasteiger charge is 2.13. The van der Waals surface area contributed by atoms with Gasteiger partial charge in [0.1, 0.15) is 0 Å². The number of nitrogens with zero attached hydrogens (tertiary/aromatic N) is 1. The fraction of sp³-hybridized carbons (Fsp3) is 0.500. The van der Waals surface area contributed by atoms with Crippen molar-refractivity contribution in [2.24, 2.45) is 0 Å². The van der Waals surface area contributed by atoms with Gasteiger partial charge in [0.2, 0.25) is 0 Å². The summed E-state index contributed by atoms with van der Waals surface area (Å²) in [4.78, 5) is 12.2. The molecule has 0 aliphatic carbocycles. The lowest BCUT2D eigenvalue weighted by Gasteiger charge is -2.17. The maximum absolute atomic E-state index is 12.2. The van der Waals surface area contributed by atoms with Crippen molar-refractivity contribution >= 4 is 11.7 Å². The van der Waals surface area contributed by atoms with E-state index in [4.69, 9.17) is 4.52 Å². The third-order valence-electron chi connectivity index (χ3n) is 4.20. The van der Waals surface area contributed by atoms with Crippen LogP contribution in [-0.2, 0) is 6.54 Å². The van der Waals surface area contributed by atoms with Crippen molar-refractivity contribution < 1.29 is 9.32 Å². The van der Waals surface area contributed by atoms with Gasteiger partial charge >= 0.3 is 6.03 Å². The van der Waals surface area contributed by atoms with Crippen LogP contribution in [0.1, 0.15) is 81.9 Å². The summed E-state index contributed by atoms with van der Waals surface area (Å²) < 4.78 is 5.24. The number of anilines is 1. The van der Waals surface area contributed by atoms with Crippen molar-refractivity contribution in [2.45, 2.75) is 65.8 Å². The Bertz CT molecular complexity index is 717. The third kappa shape index (κ3) is 5.08. The molecule has 1 heterocycles. The van der Waals surface area contributed by atoms with Crippen molar-refractivity contribution in [2.75, 3.05) is 5.32 Å². The maximum atomic E-state index is 12.2. The lowest BCUT2D eigenvalue weighted by atomic mass is 9.94. The van der Waals surface area contributed by atoms with E-state index in [2.05, 4.69) is 69.5 Å². The first-order valence-corrected chi connectivity index (χ1v) is 8.92. The molecule has 2 aromatic rings. The molecule has 1 aromatic heterocycles. The van der Waals surface area contributed by atoms with Gasteiger partial charge in [0.05, 0.1) is 12.2 Å². The van der Waals surface area contributed by atoms with E-state index in [-0.39, 0.29) is 6.03 Å². The minimum atomic E-state index is -0.248. The molecule has 0 aliphatic rings. The minimum absolute atomic E-state index is 0.248. The molecule has 1 aromatic carbocycles. The van der Waals surface area contributed by atoms with Crippen molar-refractivity contribution in [1.29, 1.82) is 0 Å². The molecule has 0 unspecified atom stereocenters. The van der Waals surface area contributed by atoms with Gasteiger partial charge in [-0.25, -0.2) is 4.79 Å². The number of aromatic nitrogens is 1. The molecule has 0 fully saturated rings. The van der Waals surface area contributed by atoms with Crippen LogP contribution in [0.4, 0.5) is 10.5 Å². The van der Waals surface area contributed by atoms with Gasteiger partial charge in [0.15, 0.2) is 5.76 Å². The van der Waals surface area contributed by atoms with Crippen LogP contribution in [0.25, 0.3) is 0 Å². The van der Waals surface area contributed by atoms with Crippen molar-refractivity contribution in [3.05, 3.63) is 46.8 Å². The topological polar surface area (TPSA) is 67.2 Å². The van der Waals surface area contributed by atoms with Gasteiger partial charge in [-0.05, 0) is 34.9 Å². The lowest BCUT2D eigenvalue weighted by Crippen LogP contribution is -2.28. The molecule has 2 N–H and O–H groups in total. The molecule has 5 heteroatoms. The number of carbonyl (C=O) groups excluding carboxylic acids is 1. The van der Waals surface area contributed by atoms with Crippen molar-refractivity contribution in [3.63, 3.8) is 0 Å². The number of amides is 2. The van der Waals surface area contributed by atoms with Crippen LogP contribution >= 0.6 is 0 Å². The Labute approximate surface area is 150 Å². The average Bonchev–Trinajstić information content (AvgIpc) is 3.02. The highest BCUT2D eigenvalue weighted by Crippen LogP contribution is 2.28. The second-order valence-corrected chi connectivity index (χ2v) is 7.34. The first-order valence-electron chi connectivity index (χ1n) is 8.92. The molecule has 0 saturated carbocycles. The van der Waals surface area contributed by atoms with Gasteiger partial charge in [-0.1, -0.05) is 58.8 Å². The Hall–Kier alpha value is -2.30. The number of benzene rings is 1. The zero-order chi connectivity index (χ0) is 18.6. The normalized spacial score (nSPS) is 11.4. The first kappa shape index (κ1) is 19.0. The zero-order valence-electron chi connectivity index (χ0n) is 16.0. The van der Waals surface area contributed by atoms with Crippen LogP contribution < -0.4 is 10.6 Å². The highest BCUT2D eigenvalue weighted by atomic mass is 16.5. The van der Waals surface area contributed by atoms with Crippen LogP contribution in [-0.4, -0.2) is 11.2 Å².